The number of carbonyl (C=O) groups is 2. The van der Waals surface area contributed by atoms with Crippen LogP contribution in [0.15, 0.2) is 36.4 Å². The summed E-state index contributed by atoms with van der Waals surface area (Å²) in [5.74, 6) is -0.790. The molecule has 6 nitrogen and oxygen atoms in total. The fraction of sp³-hybridized carbons (Fsp3) is 0.417. The number of rotatable bonds is 4. The number of hydrogen-bond donors (Lipinski definition) is 2. The molecule has 170 valence electrons. The van der Waals surface area contributed by atoms with Crippen molar-refractivity contribution in [3.63, 3.8) is 0 Å². The van der Waals surface area contributed by atoms with Crippen molar-refractivity contribution in [1.29, 1.82) is 0 Å². The number of nitrogens with zero attached hydrogens (tertiary/aromatic N) is 2. The predicted octanol–water partition coefficient (Wildman–Crippen LogP) is 4.16. The number of fused-ring (bicyclic) bond motifs is 1. The molecular formula is C24H28F2N4O2. The van der Waals surface area contributed by atoms with Crippen LogP contribution in [0, 0.1) is 11.6 Å². The van der Waals surface area contributed by atoms with E-state index in [2.05, 4.69) is 15.5 Å². The van der Waals surface area contributed by atoms with Crippen LogP contribution >= 0.6 is 0 Å². The molecule has 1 spiro atoms. The fourth-order valence-corrected chi connectivity index (χ4v) is 4.77. The van der Waals surface area contributed by atoms with E-state index in [0.29, 0.717) is 56.7 Å². The van der Waals surface area contributed by atoms with Crippen molar-refractivity contribution in [2.24, 2.45) is 0 Å². The van der Waals surface area contributed by atoms with Crippen molar-refractivity contribution >= 4 is 23.2 Å². The van der Waals surface area contributed by atoms with Gasteiger partial charge in [-0.05, 0) is 55.7 Å². The van der Waals surface area contributed by atoms with Gasteiger partial charge in [-0.1, -0.05) is 6.07 Å². The summed E-state index contributed by atoms with van der Waals surface area (Å²) in [7, 11) is 1.94. The van der Waals surface area contributed by atoms with Gasteiger partial charge in [-0.15, -0.1) is 0 Å². The van der Waals surface area contributed by atoms with Crippen LogP contribution in [0.2, 0.25) is 0 Å². The normalized spacial score (nSPS) is 17.3. The highest BCUT2D eigenvalue weighted by Gasteiger charge is 2.45. The van der Waals surface area contributed by atoms with Gasteiger partial charge in [0.15, 0.2) is 5.78 Å². The first-order valence-corrected chi connectivity index (χ1v) is 10.9. The quantitative estimate of drug-likeness (QED) is 0.746. The maximum atomic E-state index is 13.6. The van der Waals surface area contributed by atoms with Crippen LogP contribution in [-0.4, -0.2) is 48.9 Å². The number of hydrogen-bond acceptors (Lipinski definition) is 4. The lowest BCUT2D eigenvalue weighted by Crippen LogP contribution is -2.59. The van der Waals surface area contributed by atoms with E-state index < -0.39 is 5.82 Å². The average molecular weight is 443 g/mol. The third-order valence-electron chi connectivity index (χ3n) is 6.67. The Labute approximate surface area is 186 Å². The molecule has 0 aromatic heterocycles. The van der Waals surface area contributed by atoms with Gasteiger partial charge >= 0.3 is 6.03 Å². The molecule has 2 heterocycles. The Kier molecular flexibility index (Phi) is 6.04. The Bertz CT molecular complexity index is 1030. The number of anilines is 2. The maximum Gasteiger partial charge on any atom is 0.317 e. The molecule has 0 saturated carbocycles. The van der Waals surface area contributed by atoms with Gasteiger partial charge in [0.1, 0.15) is 11.6 Å². The van der Waals surface area contributed by atoms with Crippen LogP contribution in [0.4, 0.5) is 25.0 Å². The molecule has 2 amide bonds. The number of benzene rings is 2. The number of ketones is 1. The lowest BCUT2D eigenvalue weighted by molar-refractivity contribution is 0.0890. The summed E-state index contributed by atoms with van der Waals surface area (Å²) in [6.45, 7) is 3.91. The molecular weight excluding hydrogens is 414 g/mol. The van der Waals surface area contributed by atoms with Gasteiger partial charge in [0, 0.05) is 56.6 Å². The van der Waals surface area contributed by atoms with Crippen LogP contribution in [0.5, 0.6) is 0 Å². The smallest absolute Gasteiger partial charge is 0.317 e. The topological polar surface area (TPSA) is 64.7 Å². The highest BCUT2D eigenvalue weighted by Crippen LogP contribution is 2.42. The fourth-order valence-electron chi connectivity index (χ4n) is 4.77. The van der Waals surface area contributed by atoms with E-state index in [1.165, 1.54) is 24.3 Å². The summed E-state index contributed by atoms with van der Waals surface area (Å²) in [5.41, 5.74) is 2.29. The van der Waals surface area contributed by atoms with Crippen molar-refractivity contribution in [1.82, 2.24) is 10.2 Å². The zero-order chi connectivity index (χ0) is 22.9. The number of urea groups is 1. The molecule has 8 heteroatoms. The van der Waals surface area contributed by atoms with Crippen molar-refractivity contribution in [3.05, 3.63) is 59.2 Å². The van der Waals surface area contributed by atoms with E-state index in [4.69, 9.17) is 0 Å². The molecule has 0 unspecified atom stereocenters. The van der Waals surface area contributed by atoms with Crippen LogP contribution in [0.3, 0.4) is 0 Å². The van der Waals surface area contributed by atoms with E-state index in [0.717, 1.165) is 11.3 Å². The Morgan fingerprint density at radius 3 is 2.50 bits per heavy atom. The minimum absolute atomic E-state index is 0.0530. The number of carbonyl (C=O) groups excluding carboxylic acids is 2. The van der Waals surface area contributed by atoms with Gasteiger partial charge < -0.3 is 20.4 Å². The molecule has 0 atom stereocenters. The van der Waals surface area contributed by atoms with Crippen molar-refractivity contribution in [2.45, 2.75) is 38.3 Å². The standard InChI is InChI=1S/C24H28F2N4O2/c1-3-27-20-13-18(26)5-4-16(20)15-28-23(32)30-10-8-24(9-11-30)14-22(31)19-12-17(25)6-7-21(19)29(24)2/h4-7,12-13,27H,3,8-11,14-15H2,1-2H3,(H,28,32). The SMILES string of the molecule is CCNc1cc(F)ccc1CNC(=O)N1CCC2(CC1)CC(=O)c1cc(F)ccc1N2C. The zero-order valence-electron chi connectivity index (χ0n) is 18.4. The monoisotopic (exact) mass is 442 g/mol. The van der Waals surface area contributed by atoms with Crippen LogP contribution < -0.4 is 15.5 Å². The summed E-state index contributed by atoms with van der Waals surface area (Å²) in [6, 6.07) is 8.64. The van der Waals surface area contributed by atoms with Crippen molar-refractivity contribution < 1.29 is 18.4 Å². The van der Waals surface area contributed by atoms with Gasteiger partial charge in [-0.25, -0.2) is 13.6 Å². The molecule has 2 aliphatic rings. The molecule has 0 aliphatic carbocycles. The summed E-state index contributed by atoms with van der Waals surface area (Å²) in [6.07, 6.45) is 1.62. The first kappa shape index (κ1) is 22.0. The maximum absolute atomic E-state index is 13.6. The highest BCUT2D eigenvalue weighted by atomic mass is 19.1. The summed E-state index contributed by atoms with van der Waals surface area (Å²) >= 11 is 0. The molecule has 1 saturated heterocycles. The predicted molar refractivity (Wildman–Crippen MR) is 120 cm³/mol. The number of Topliss-reactive ketones (excluding diaryl/α,β-unsaturated/α-hetero) is 1. The summed E-state index contributed by atoms with van der Waals surface area (Å²) in [5, 5.41) is 6.04. The Morgan fingerprint density at radius 2 is 1.78 bits per heavy atom. The number of halogens is 2. The Hall–Kier alpha value is -3.16. The molecule has 4 rings (SSSR count). The molecule has 2 N–H and O–H groups in total. The second-order valence-corrected chi connectivity index (χ2v) is 8.52. The third-order valence-corrected chi connectivity index (χ3v) is 6.67. The Morgan fingerprint density at radius 1 is 1.09 bits per heavy atom. The molecule has 0 bridgehead atoms. The third kappa shape index (κ3) is 4.13. The van der Waals surface area contributed by atoms with Gasteiger partial charge in [0.05, 0.1) is 5.54 Å². The van der Waals surface area contributed by atoms with E-state index >= 15 is 0 Å². The van der Waals surface area contributed by atoms with E-state index in [1.807, 2.05) is 14.0 Å². The van der Waals surface area contributed by atoms with Gasteiger partial charge in [0.25, 0.3) is 0 Å². The highest BCUT2D eigenvalue weighted by molar-refractivity contribution is 6.04. The molecule has 2 aromatic rings. The largest absolute Gasteiger partial charge is 0.385 e. The number of nitrogens with one attached hydrogen (secondary N) is 2. The van der Waals surface area contributed by atoms with Crippen molar-refractivity contribution in [3.8, 4) is 0 Å². The van der Waals surface area contributed by atoms with E-state index in [9.17, 15) is 18.4 Å². The second kappa shape index (κ2) is 8.76. The second-order valence-electron chi connectivity index (χ2n) is 8.52. The molecule has 0 radical (unpaired) electrons. The van der Waals surface area contributed by atoms with Gasteiger partial charge in [-0.2, -0.15) is 0 Å². The first-order chi connectivity index (χ1) is 15.3. The van der Waals surface area contributed by atoms with Crippen molar-refractivity contribution in [2.75, 3.05) is 36.9 Å². The average Bonchev–Trinajstić information content (AvgIpc) is 2.77. The van der Waals surface area contributed by atoms with Gasteiger partial charge in [-0.3, -0.25) is 4.79 Å². The minimum atomic E-state index is -0.411. The van der Waals surface area contributed by atoms with E-state index in [1.54, 1.807) is 17.0 Å². The lowest BCUT2D eigenvalue weighted by atomic mass is 9.77. The zero-order valence-corrected chi connectivity index (χ0v) is 18.4. The van der Waals surface area contributed by atoms with Gasteiger partial charge in [0.2, 0.25) is 0 Å². The minimum Gasteiger partial charge on any atom is -0.385 e. The van der Waals surface area contributed by atoms with Crippen LogP contribution in [0.25, 0.3) is 0 Å². The van der Waals surface area contributed by atoms with Crippen LogP contribution in [-0.2, 0) is 6.54 Å². The van der Waals surface area contributed by atoms with E-state index in [-0.39, 0.29) is 23.2 Å². The molecule has 32 heavy (non-hydrogen) atoms. The Balaban J connectivity index is 1.39. The number of likely N-dealkylation sites (tertiary alicyclic amines) is 1. The number of amides is 2. The molecule has 2 aliphatic heterocycles. The summed E-state index contributed by atoms with van der Waals surface area (Å²) in [4.78, 5) is 29.3. The molecule has 1 fully saturated rings. The van der Waals surface area contributed by atoms with Crippen LogP contribution in [0.1, 0.15) is 42.1 Å². The first-order valence-electron chi connectivity index (χ1n) is 10.9. The molecule has 2 aromatic carbocycles. The lowest BCUT2D eigenvalue weighted by Gasteiger charge is -2.50. The number of piperidine rings is 1. The summed E-state index contributed by atoms with van der Waals surface area (Å²) < 4.78 is 27.1.